The molecule has 2 N–H and O–H groups in total. The first kappa shape index (κ1) is 13.9. The van der Waals surface area contributed by atoms with E-state index >= 15 is 0 Å². The third-order valence-electron chi connectivity index (χ3n) is 3.06. The zero-order valence-corrected chi connectivity index (χ0v) is 12.7. The summed E-state index contributed by atoms with van der Waals surface area (Å²) in [6.45, 7) is 1.88. The quantitative estimate of drug-likeness (QED) is 0.543. The molecule has 0 unspecified atom stereocenters. The molecule has 0 bridgehead atoms. The molecule has 106 valence electrons. The minimum absolute atomic E-state index is 0.507. The summed E-state index contributed by atoms with van der Waals surface area (Å²) in [4.78, 5) is 7.54. The van der Waals surface area contributed by atoms with Gasteiger partial charge in [0.2, 0.25) is 5.95 Å². The fraction of sp³-hybridized carbons (Fsp3) is 0.0667. The highest BCUT2D eigenvalue weighted by Crippen LogP contribution is 2.23. The van der Waals surface area contributed by atoms with E-state index in [-0.39, 0.29) is 0 Å². The third-order valence-corrected chi connectivity index (χ3v) is 3.80. The van der Waals surface area contributed by atoms with Gasteiger partial charge in [-0.25, -0.2) is 10.4 Å². The van der Waals surface area contributed by atoms with Crippen LogP contribution >= 0.6 is 23.2 Å². The Hall–Kier alpha value is -2.04. The van der Waals surface area contributed by atoms with Crippen LogP contribution in [0.5, 0.6) is 0 Å². The van der Waals surface area contributed by atoms with Gasteiger partial charge in [0.1, 0.15) is 0 Å². The second kappa shape index (κ2) is 5.76. The van der Waals surface area contributed by atoms with Gasteiger partial charge in [0.15, 0.2) is 0 Å². The second-order valence-corrected chi connectivity index (χ2v) is 5.35. The van der Waals surface area contributed by atoms with Crippen LogP contribution in [-0.2, 0) is 0 Å². The third kappa shape index (κ3) is 3.01. The lowest BCUT2D eigenvalue weighted by Gasteiger charge is -2.03. The van der Waals surface area contributed by atoms with Crippen molar-refractivity contribution in [1.29, 1.82) is 0 Å². The van der Waals surface area contributed by atoms with E-state index in [1.807, 2.05) is 37.3 Å². The Morgan fingerprint density at radius 3 is 2.71 bits per heavy atom. The predicted molar refractivity (Wildman–Crippen MR) is 88.4 cm³/mol. The van der Waals surface area contributed by atoms with Gasteiger partial charge >= 0.3 is 0 Å². The Morgan fingerprint density at radius 1 is 1.14 bits per heavy atom. The van der Waals surface area contributed by atoms with Crippen LogP contribution in [-0.4, -0.2) is 15.7 Å². The molecule has 0 atom stereocenters. The first-order valence-electron chi connectivity index (χ1n) is 6.34. The number of nitrogens with one attached hydrogen (secondary N) is 2. The number of para-hydroxylation sites is 2. The molecule has 3 rings (SSSR count). The van der Waals surface area contributed by atoms with Gasteiger partial charge in [0.25, 0.3) is 0 Å². The molecule has 21 heavy (non-hydrogen) atoms. The lowest BCUT2D eigenvalue weighted by molar-refractivity contribution is 1.20. The predicted octanol–water partition coefficient (Wildman–Crippen LogP) is 4.71. The van der Waals surface area contributed by atoms with Crippen molar-refractivity contribution in [2.45, 2.75) is 6.92 Å². The number of aromatic amines is 1. The Morgan fingerprint density at radius 2 is 1.95 bits per heavy atom. The van der Waals surface area contributed by atoms with Crippen LogP contribution < -0.4 is 5.43 Å². The number of nitrogens with zero attached hydrogens (tertiary/aromatic N) is 2. The molecule has 0 aliphatic carbocycles. The largest absolute Gasteiger partial charge is 0.323 e. The fourth-order valence-electron chi connectivity index (χ4n) is 1.93. The summed E-state index contributed by atoms with van der Waals surface area (Å²) >= 11 is 11.9. The standard InChI is InChI=1S/C15H12Cl2N4/c1-9(10-6-7-11(16)12(17)8-10)20-21-15-18-13-4-2-3-5-14(13)19-15/h2-8H,1H3,(H2,18,19,21)/b20-9+. The summed E-state index contributed by atoms with van der Waals surface area (Å²) in [6.07, 6.45) is 0. The monoisotopic (exact) mass is 318 g/mol. The van der Waals surface area contributed by atoms with Gasteiger partial charge in [0, 0.05) is 0 Å². The van der Waals surface area contributed by atoms with Gasteiger partial charge < -0.3 is 4.98 Å². The lowest BCUT2D eigenvalue weighted by Crippen LogP contribution is -2.00. The molecule has 0 saturated heterocycles. The molecular formula is C15H12Cl2N4. The van der Waals surface area contributed by atoms with E-state index in [9.17, 15) is 0 Å². The van der Waals surface area contributed by atoms with Gasteiger partial charge in [0.05, 0.1) is 26.8 Å². The van der Waals surface area contributed by atoms with Gasteiger partial charge in [-0.2, -0.15) is 5.10 Å². The molecule has 6 heteroatoms. The van der Waals surface area contributed by atoms with Gasteiger partial charge in [-0.3, -0.25) is 0 Å². The minimum Gasteiger partial charge on any atom is -0.323 e. The van der Waals surface area contributed by atoms with Crippen LogP contribution in [0.3, 0.4) is 0 Å². The van der Waals surface area contributed by atoms with Gasteiger partial charge in [-0.05, 0) is 36.8 Å². The van der Waals surface area contributed by atoms with E-state index in [2.05, 4.69) is 20.5 Å². The van der Waals surface area contributed by atoms with Crippen LogP contribution in [0.15, 0.2) is 47.6 Å². The first-order chi connectivity index (χ1) is 10.1. The van der Waals surface area contributed by atoms with Gasteiger partial charge in [-0.1, -0.05) is 41.4 Å². The molecule has 0 saturated carbocycles. The van der Waals surface area contributed by atoms with E-state index in [4.69, 9.17) is 23.2 Å². The average Bonchev–Trinajstić information content (AvgIpc) is 2.90. The number of anilines is 1. The van der Waals surface area contributed by atoms with Crippen molar-refractivity contribution >= 4 is 45.9 Å². The molecular weight excluding hydrogens is 307 g/mol. The highest BCUT2D eigenvalue weighted by atomic mass is 35.5. The zero-order chi connectivity index (χ0) is 14.8. The Labute approximate surface area is 131 Å². The molecule has 1 heterocycles. The number of benzene rings is 2. The number of halogens is 2. The summed E-state index contributed by atoms with van der Waals surface area (Å²) in [5, 5.41) is 5.34. The van der Waals surface area contributed by atoms with Crippen molar-refractivity contribution in [2.75, 3.05) is 5.43 Å². The van der Waals surface area contributed by atoms with E-state index in [0.29, 0.717) is 16.0 Å². The maximum atomic E-state index is 6.00. The smallest absolute Gasteiger partial charge is 0.222 e. The topological polar surface area (TPSA) is 53.1 Å². The molecule has 3 aromatic rings. The number of imidazole rings is 1. The summed E-state index contributed by atoms with van der Waals surface area (Å²) in [6, 6.07) is 13.2. The molecule has 1 aromatic heterocycles. The number of hydrazone groups is 1. The van der Waals surface area contributed by atoms with E-state index in [1.54, 1.807) is 12.1 Å². The maximum absolute atomic E-state index is 6.00. The number of H-pyrrole nitrogens is 1. The van der Waals surface area contributed by atoms with Crippen molar-refractivity contribution in [3.8, 4) is 0 Å². The van der Waals surface area contributed by atoms with Crippen molar-refractivity contribution < 1.29 is 0 Å². The number of rotatable bonds is 3. The Kier molecular flexibility index (Phi) is 3.82. The molecule has 4 nitrogen and oxygen atoms in total. The van der Waals surface area contributed by atoms with E-state index in [0.717, 1.165) is 22.3 Å². The van der Waals surface area contributed by atoms with Crippen molar-refractivity contribution in [3.05, 3.63) is 58.1 Å². The normalized spacial score (nSPS) is 11.9. The molecule has 0 amide bonds. The van der Waals surface area contributed by atoms with Crippen LogP contribution in [0.1, 0.15) is 12.5 Å². The zero-order valence-electron chi connectivity index (χ0n) is 11.2. The Bertz CT molecular complexity index is 790. The highest BCUT2D eigenvalue weighted by molar-refractivity contribution is 6.42. The van der Waals surface area contributed by atoms with Crippen LogP contribution in [0.25, 0.3) is 11.0 Å². The number of aromatic nitrogens is 2. The SMILES string of the molecule is C/C(=N\Nc1nc2ccccc2[nH]1)c1ccc(Cl)c(Cl)c1. The maximum Gasteiger partial charge on any atom is 0.222 e. The summed E-state index contributed by atoms with van der Waals surface area (Å²) in [5.74, 6) is 0.593. The molecule has 0 aliphatic heterocycles. The summed E-state index contributed by atoms with van der Waals surface area (Å²) in [7, 11) is 0. The fourth-order valence-corrected chi connectivity index (χ4v) is 2.23. The van der Waals surface area contributed by atoms with E-state index in [1.165, 1.54) is 0 Å². The molecule has 2 aromatic carbocycles. The number of hydrogen-bond acceptors (Lipinski definition) is 3. The highest BCUT2D eigenvalue weighted by Gasteiger charge is 2.04. The molecule has 0 spiro atoms. The minimum atomic E-state index is 0.507. The lowest BCUT2D eigenvalue weighted by atomic mass is 10.1. The number of fused-ring (bicyclic) bond motifs is 1. The Balaban J connectivity index is 1.82. The average molecular weight is 319 g/mol. The van der Waals surface area contributed by atoms with E-state index < -0.39 is 0 Å². The number of hydrogen-bond donors (Lipinski definition) is 2. The molecule has 0 aliphatic rings. The first-order valence-corrected chi connectivity index (χ1v) is 7.09. The van der Waals surface area contributed by atoms with Crippen molar-refractivity contribution in [3.63, 3.8) is 0 Å². The van der Waals surface area contributed by atoms with Gasteiger partial charge in [-0.15, -0.1) is 0 Å². The van der Waals surface area contributed by atoms with Crippen LogP contribution in [0.4, 0.5) is 5.95 Å². The molecule has 0 radical (unpaired) electrons. The van der Waals surface area contributed by atoms with Crippen LogP contribution in [0.2, 0.25) is 10.0 Å². The molecule has 0 fully saturated rings. The summed E-state index contributed by atoms with van der Waals surface area (Å²) in [5.41, 5.74) is 6.45. The van der Waals surface area contributed by atoms with Crippen molar-refractivity contribution in [2.24, 2.45) is 5.10 Å². The summed E-state index contributed by atoms with van der Waals surface area (Å²) < 4.78 is 0. The van der Waals surface area contributed by atoms with Crippen molar-refractivity contribution in [1.82, 2.24) is 9.97 Å². The van der Waals surface area contributed by atoms with Crippen LogP contribution in [0, 0.1) is 0 Å². The second-order valence-electron chi connectivity index (χ2n) is 4.54.